The van der Waals surface area contributed by atoms with Gasteiger partial charge in [-0.05, 0) is 44.9 Å². The highest BCUT2D eigenvalue weighted by atomic mass is 16.3. The number of carbonyl (C=O) groups is 1. The van der Waals surface area contributed by atoms with Gasteiger partial charge in [0.05, 0.1) is 6.10 Å². The summed E-state index contributed by atoms with van der Waals surface area (Å²) in [6, 6.07) is 1.20. The Labute approximate surface area is 163 Å². The van der Waals surface area contributed by atoms with Gasteiger partial charge < -0.3 is 20.6 Å². The predicted octanol–water partition coefficient (Wildman–Crippen LogP) is 0.930. The van der Waals surface area contributed by atoms with Crippen molar-refractivity contribution < 1.29 is 9.90 Å². The summed E-state index contributed by atoms with van der Waals surface area (Å²) in [6.45, 7) is 2.22. The summed E-state index contributed by atoms with van der Waals surface area (Å²) in [5.74, 6) is 0.809. The summed E-state index contributed by atoms with van der Waals surface area (Å²) in [4.78, 5) is 20.5. The van der Waals surface area contributed by atoms with Crippen molar-refractivity contribution in [2.24, 2.45) is 4.99 Å². The Kier molecular flexibility index (Phi) is 7.35. The average Bonchev–Trinajstić information content (AvgIpc) is 3.31. The Bertz CT molecular complexity index is 511. The number of nitrogens with zero attached hydrogens (tertiary/aromatic N) is 3. The largest absolute Gasteiger partial charge is 0.391 e. The van der Waals surface area contributed by atoms with Crippen LogP contribution in [0.1, 0.15) is 57.8 Å². The maximum Gasteiger partial charge on any atom is 0.243 e. The molecule has 7 heteroatoms. The Balaban J connectivity index is 1.52. The molecule has 3 fully saturated rings. The maximum absolute atomic E-state index is 11.9. The number of carbonyl (C=O) groups excluding carboxylic acids is 1. The van der Waals surface area contributed by atoms with E-state index in [1.807, 2.05) is 0 Å². The number of hydrogen-bond donors (Lipinski definition) is 3. The number of nitrogens with one attached hydrogen (secondary N) is 2. The second-order valence-electron chi connectivity index (χ2n) is 8.60. The molecule has 3 aliphatic rings. The van der Waals surface area contributed by atoms with Crippen molar-refractivity contribution in [1.82, 2.24) is 20.4 Å². The number of aliphatic hydroxyl groups is 1. The van der Waals surface area contributed by atoms with Crippen molar-refractivity contribution in [3.8, 4) is 0 Å². The molecule has 2 atom stereocenters. The lowest BCUT2D eigenvalue weighted by molar-refractivity contribution is -0.127. The van der Waals surface area contributed by atoms with Crippen molar-refractivity contribution >= 4 is 11.9 Å². The summed E-state index contributed by atoms with van der Waals surface area (Å²) in [7, 11) is 3.53. The lowest BCUT2D eigenvalue weighted by Crippen LogP contribution is -2.53. The normalized spacial score (nSPS) is 28.5. The lowest BCUT2D eigenvalue weighted by atomic mass is 10.0. The molecule has 7 nitrogen and oxygen atoms in total. The van der Waals surface area contributed by atoms with Crippen LogP contribution in [-0.2, 0) is 4.79 Å². The summed E-state index contributed by atoms with van der Waals surface area (Å²) in [5.41, 5.74) is 0. The first-order chi connectivity index (χ1) is 13.0. The van der Waals surface area contributed by atoms with Crippen molar-refractivity contribution in [2.75, 3.05) is 33.7 Å². The van der Waals surface area contributed by atoms with Crippen LogP contribution >= 0.6 is 0 Å². The van der Waals surface area contributed by atoms with Gasteiger partial charge in [0.1, 0.15) is 6.54 Å². The molecular weight excluding hydrogens is 342 g/mol. The topological polar surface area (TPSA) is 80.2 Å². The van der Waals surface area contributed by atoms with Crippen LogP contribution in [0.3, 0.4) is 0 Å². The number of likely N-dealkylation sites (N-methyl/N-ethyl adjacent to an activating group) is 1. The third kappa shape index (κ3) is 5.82. The van der Waals surface area contributed by atoms with Crippen molar-refractivity contribution in [3.05, 3.63) is 0 Å². The fourth-order valence-electron chi connectivity index (χ4n) is 4.60. The second-order valence-corrected chi connectivity index (χ2v) is 8.60. The van der Waals surface area contributed by atoms with E-state index < -0.39 is 0 Å². The number of guanidine groups is 1. The quantitative estimate of drug-likeness (QED) is 0.489. The number of aliphatic imine (C=N–C) groups is 1. The number of piperidine rings is 1. The van der Waals surface area contributed by atoms with Gasteiger partial charge in [-0.3, -0.25) is 9.69 Å². The molecule has 1 heterocycles. The standard InChI is InChI=1S/C20H37N5O2/c1-24(2)19(27)14-21-20(22-15-6-3-4-7-15)23-16-10-12-25(13-11-16)17-8-5-9-18(17)26/h15-18,26H,3-14H2,1-2H3,(H2,21,22,23). The summed E-state index contributed by atoms with van der Waals surface area (Å²) in [6.07, 6.45) is 10.1. The highest BCUT2D eigenvalue weighted by Crippen LogP contribution is 2.26. The van der Waals surface area contributed by atoms with Crippen LogP contribution in [0.2, 0.25) is 0 Å². The molecule has 3 N–H and O–H groups in total. The molecule has 1 aliphatic heterocycles. The summed E-state index contributed by atoms with van der Waals surface area (Å²) in [5, 5.41) is 17.3. The third-order valence-corrected chi connectivity index (χ3v) is 6.35. The first-order valence-corrected chi connectivity index (χ1v) is 10.7. The first kappa shape index (κ1) is 20.4. The minimum Gasteiger partial charge on any atom is -0.391 e. The van der Waals surface area contributed by atoms with E-state index in [9.17, 15) is 9.90 Å². The Morgan fingerprint density at radius 1 is 1.00 bits per heavy atom. The summed E-state index contributed by atoms with van der Waals surface area (Å²) < 4.78 is 0. The van der Waals surface area contributed by atoms with E-state index in [1.165, 1.54) is 25.7 Å². The van der Waals surface area contributed by atoms with Gasteiger partial charge in [-0.2, -0.15) is 0 Å². The van der Waals surface area contributed by atoms with Gasteiger partial charge in [-0.1, -0.05) is 12.8 Å². The van der Waals surface area contributed by atoms with E-state index in [0.717, 1.165) is 51.2 Å². The van der Waals surface area contributed by atoms with Gasteiger partial charge >= 0.3 is 0 Å². The van der Waals surface area contributed by atoms with Gasteiger partial charge in [0.15, 0.2) is 5.96 Å². The smallest absolute Gasteiger partial charge is 0.243 e. The minimum absolute atomic E-state index is 0.0209. The SMILES string of the molecule is CN(C)C(=O)CN=C(NC1CCCC1)NC1CCN(C2CCCC2O)CC1. The molecule has 27 heavy (non-hydrogen) atoms. The molecule has 0 radical (unpaired) electrons. The zero-order chi connectivity index (χ0) is 19.2. The number of likely N-dealkylation sites (tertiary alicyclic amines) is 1. The van der Waals surface area contributed by atoms with Gasteiger partial charge in [-0.25, -0.2) is 4.99 Å². The van der Waals surface area contributed by atoms with E-state index in [-0.39, 0.29) is 18.6 Å². The second kappa shape index (κ2) is 9.73. The zero-order valence-electron chi connectivity index (χ0n) is 17.0. The Morgan fingerprint density at radius 2 is 1.63 bits per heavy atom. The fraction of sp³-hybridized carbons (Fsp3) is 0.900. The molecular formula is C20H37N5O2. The third-order valence-electron chi connectivity index (χ3n) is 6.35. The monoisotopic (exact) mass is 379 g/mol. The first-order valence-electron chi connectivity index (χ1n) is 10.7. The molecule has 1 amide bonds. The van der Waals surface area contributed by atoms with Crippen LogP contribution in [0.15, 0.2) is 4.99 Å². The van der Waals surface area contributed by atoms with E-state index in [1.54, 1.807) is 19.0 Å². The molecule has 0 aromatic heterocycles. The highest BCUT2D eigenvalue weighted by Gasteiger charge is 2.33. The van der Waals surface area contributed by atoms with Crippen LogP contribution in [0, 0.1) is 0 Å². The molecule has 0 aromatic rings. The Morgan fingerprint density at radius 3 is 2.19 bits per heavy atom. The number of aliphatic hydroxyl groups excluding tert-OH is 1. The van der Waals surface area contributed by atoms with E-state index in [0.29, 0.717) is 18.1 Å². The molecule has 1 saturated heterocycles. The molecule has 2 saturated carbocycles. The predicted molar refractivity (Wildman–Crippen MR) is 108 cm³/mol. The van der Waals surface area contributed by atoms with Crippen molar-refractivity contribution in [3.63, 3.8) is 0 Å². The van der Waals surface area contributed by atoms with Gasteiger partial charge in [0.2, 0.25) is 5.91 Å². The van der Waals surface area contributed by atoms with Crippen LogP contribution in [0.4, 0.5) is 0 Å². The molecule has 154 valence electrons. The maximum atomic E-state index is 11.9. The number of hydrogen-bond acceptors (Lipinski definition) is 4. The number of amides is 1. The van der Waals surface area contributed by atoms with Crippen LogP contribution in [0.5, 0.6) is 0 Å². The van der Waals surface area contributed by atoms with Crippen LogP contribution in [-0.4, -0.2) is 84.7 Å². The van der Waals surface area contributed by atoms with Crippen molar-refractivity contribution in [1.29, 1.82) is 0 Å². The molecule has 0 spiro atoms. The van der Waals surface area contributed by atoms with Crippen molar-refractivity contribution in [2.45, 2.75) is 82.0 Å². The van der Waals surface area contributed by atoms with E-state index in [2.05, 4.69) is 20.5 Å². The minimum atomic E-state index is -0.146. The molecule has 3 rings (SSSR count). The molecule has 2 aliphatic carbocycles. The summed E-state index contributed by atoms with van der Waals surface area (Å²) >= 11 is 0. The molecule has 0 aromatic carbocycles. The van der Waals surface area contributed by atoms with E-state index in [4.69, 9.17) is 0 Å². The van der Waals surface area contributed by atoms with Gasteiger partial charge in [0, 0.05) is 45.3 Å². The highest BCUT2D eigenvalue weighted by molar-refractivity contribution is 5.85. The molecule has 2 unspecified atom stereocenters. The zero-order valence-corrected chi connectivity index (χ0v) is 17.0. The Hall–Kier alpha value is -1.34. The van der Waals surface area contributed by atoms with Gasteiger partial charge in [-0.15, -0.1) is 0 Å². The lowest BCUT2D eigenvalue weighted by Gasteiger charge is -2.38. The number of rotatable bonds is 5. The average molecular weight is 380 g/mol. The van der Waals surface area contributed by atoms with Crippen LogP contribution < -0.4 is 10.6 Å². The molecule has 0 bridgehead atoms. The van der Waals surface area contributed by atoms with E-state index >= 15 is 0 Å². The van der Waals surface area contributed by atoms with Crippen LogP contribution in [0.25, 0.3) is 0 Å². The fourth-order valence-corrected chi connectivity index (χ4v) is 4.60. The van der Waals surface area contributed by atoms with Gasteiger partial charge in [0.25, 0.3) is 0 Å².